The van der Waals surface area contributed by atoms with E-state index >= 15 is 0 Å². The first-order valence-corrected chi connectivity index (χ1v) is 9.48. The van der Waals surface area contributed by atoms with Crippen molar-refractivity contribution >= 4 is 35.8 Å². The summed E-state index contributed by atoms with van der Waals surface area (Å²) in [6, 6.07) is 0. The van der Waals surface area contributed by atoms with Crippen LogP contribution in [0, 0.1) is 15.3 Å². The van der Waals surface area contributed by atoms with E-state index in [0.29, 0.717) is 0 Å². The van der Waals surface area contributed by atoms with Gasteiger partial charge in [0.25, 0.3) is 0 Å². The molecule has 0 aromatic heterocycles. The van der Waals surface area contributed by atoms with E-state index in [9.17, 15) is 28.8 Å². The van der Waals surface area contributed by atoms with Gasteiger partial charge in [-0.1, -0.05) is 41.5 Å². The Labute approximate surface area is 252 Å². The second-order valence-electron chi connectivity index (χ2n) is 4.71. The fraction of sp³-hybridized carbons (Fsp3) is 0.667. The minimum Gasteiger partial charge on any atom is -0.481 e. The molecule has 0 aromatic rings. The van der Waals surface area contributed by atoms with Gasteiger partial charge in [0.1, 0.15) is 0 Å². The number of carboxylic acids is 6. The summed E-state index contributed by atoms with van der Waals surface area (Å²) in [5, 5.41) is 61.1. The van der Waals surface area contributed by atoms with Crippen molar-refractivity contribution in [2.75, 3.05) is 0 Å². The van der Waals surface area contributed by atoms with Crippen LogP contribution in [0.3, 0.4) is 0 Å². The van der Waals surface area contributed by atoms with Gasteiger partial charge in [0.15, 0.2) is 0 Å². The first-order valence-electron chi connectivity index (χ1n) is 9.48. The van der Waals surface area contributed by atoms with Crippen LogP contribution in [0.5, 0.6) is 0 Å². The number of rotatable bonds is 6. The molecule has 0 aliphatic heterocycles. The van der Waals surface area contributed by atoms with Gasteiger partial charge in [0.05, 0.1) is 5.09 Å². The maximum absolute atomic E-state index is 9.37. The number of carbonyl (C=O) groups is 6. The fourth-order valence-corrected chi connectivity index (χ4v) is 0. The van der Waals surface area contributed by atoms with Gasteiger partial charge in [-0.05, 0) is 0 Å². The Bertz CT molecular complexity index is 451. The molecule has 20 heteroatoms. The molecular formula is C18H38Cr3NO16-. The first kappa shape index (κ1) is 70.4. The predicted octanol–water partition coefficient (Wildman–Crippen LogP) is 1.81. The summed E-state index contributed by atoms with van der Waals surface area (Å²) >= 11 is 0. The van der Waals surface area contributed by atoms with Crippen molar-refractivity contribution in [1.82, 2.24) is 0 Å². The van der Waals surface area contributed by atoms with Gasteiger partial charge in [-0.15, -0.1) is 0 Å². The summed E-state index contributed by atoms with van der Waals surface area (Å²) in [5.74, 6) is -4.47. The van der Waals surface area contributed by atoms with Crippen LogP contribution in [-0.2, 0) is 80.9 Å². The molecule has 0 saturated carbocycles. The molecule has 0 rings (SSSR count). The molecule has 0 bridgehead atoms. The van der Waals surface area contributed by atoms with Crippen molar-refractivity contribution in [3.8, 4) is 0 Å². The predicted molar refractivity (Wildman–Crippen MR) is 122 cm³/mol. The molecular weight excluding hydrogens is 642 g/mol. The van der Waals surface area contributed by atoms with Crippen LogP contribution in [-0.4, -0.2) is 77.0 Å². The second kappa shape index (κ2) is 64.5. The number of hydrogen-bond acceptors (Lipinski definition) is 9. The van der Waals surface area contributed by atoms with Crippen LogP contribution in [0.25, 0.3) is 0 Å². The first-order chi connectivity index (χ1) is 15.4. The maximum atomic E-state index is 9.37. The van der Waals surface area contributed by atoms with E-state index in [2.05, 4.69) is 0 Å². The third-order valence-electron chi connectivity index (χ3n) is 1.81. The van der Waals surface area contributed by atoms with Crippen LogP contribution >= 0.6 is 0 Å². The second-order valence-corrected chi connectivity index (χ2v) is 4.71. The summed E-state index contributed by atoms with van der Waals surface area (Å²) < 4.78 is 0. The van der Waals surface area contributed by atoms with Gasteiger partial charge < -0.3 is 51.4 Å². The zero-order chi connectivity index (χ0) is 29.3. The van der Waals surface area contributed by atoms with E-state index in [4.69, 9.17) is 46.0 Å². The van der Waals surface area contributed by atoms with Crippen molar-refractivity contribution in [2.45, 2.75) is 80.1 Å². The van der Waals surface area contributed by atoms with E-state index in [1.165, 1.54) is 0 Å². The molecule has 230 valence electrons. The molecule has 0 unspecified atom stereocenters. The normalized spacial score (nSPS) is 6.47. The number of nitrogens with zero attached hydrogens (tertiary/aromatic N) is 1. The largest absolute Gasteiger partial charge is 0.481 e. The smallest absolute Gasteiger partial charge is 0.303 e. The van der Waals surface area contributed by atoms with Crippen LogP contribution in [0.4, 0.5) is 0 Å². The zero-order valence-corrected chi connectivity index (χ0v) is 25.6. The summed E-state index contributed by atoms with van der Waals surface area (Å²) in [4.78, 5) is 64.5. The van der Waals surface area contributed by atoms with Gasteiger partial charge in [0, 0.05) is 90.6 Å². The van der Waals surface area contributed by atoms with Gasteiger partial charge in [-0.3, -0.25) is 28.8 Å². The minimum absolute atomic E-state index is 0. The molecule has 0 radical (unpaired) electrons. The zero-order valence-electron chi connectivity index (χ0n) is 21.8. The Morgan fingerprint density at radius 2 is 0.474 bits per heavy atom. The Balaban J connectivity index is -0.0000000245. The molecule has 17 nitrogen and oxygen atoms in total. The van der Waals surface area contributed by atoms with E-state index in [0.717, 1.165) is 0 Å². The molecule has 38 heavy (non-hydrogen) atoms. The third kappa shape index (κ3) is 388. The Morgan fingerprint density at radius 1 is 0.447 bits per heavy atom. The van der Waals surface area contributed by atoms with Gasteiger partial charge in [-0.25, -0.2) is 0 Å². The SMILES string of the molecule is CCC(=O)O.CCC(=O)O.CCC(=O)O.CCC(=O)O.CCC(=O)O.CCC(=O)O.O.O=[N+]([O-])[O-].[Cr].[Cr].[Cr]. The Kier molecular flexibility index (Phi) is 120. The van der Waals surface area contributed by atoms with E-state index in [1.54, 1.807) is 41.5 Å². The van der Waals surface area contributed by atoms with Crippen LogP contribution in [0.15, 0.2) is 0 Å². The molecule has 0 aromatic carbocycles. The minimum atomic E-state index is -1.75. The number of carboxylic acid groups (broad SMARTS) is 6. The molecule has 0 atom stereocenters. The summed E-state index contributed by atoms with van der Waals surface area (Å²) in [6.07, 6.45) is 1.33. The Hall–Kier alpha value is -2.42. The fourth-order valence-electron chi connectivity index (χ4n) is 0. The average molecular weight is 680 g/mol. The third-order valence-corrected chi connectivity index (χ3v) is 1.81. The van der Waals surface area contributed by atoms with Crippen molar-refractivity contribution in [3.05, 3.63) is 15.3 Å². The molecule has 0 heterocycles. The van der Waals surface area contributed by atoms with Crippen molar-refractivity contribution < 1.29 is 122 Å². The molecule has 0 fully saturated rings. The van der Waals surface area contributed by atoms with Gasteiger partial charge >= 0.3 is 35.8 Å². The number of hydrogen-bond donors (Lipinski definition) is 6. The van der Waals surface area contributed by atoms with Crippen molar-refractivity contribution in [1.29, 1.82) is 0 Å². The van der Waals surface area contributed by atoms with Crippen LogP contribution in [0.2, 0.25) is 0 Å². The quantitative estimate of drug-likeness (QED) is 0.172. The topological polar surface area (TPSA) is 321 Å². The number of aliphatic carboxylic acids is 6. The summed E-state index contributed by atoms with van der Waals surface area (Å²) in [6.45, 7) is 9.60. The molecule has 8 N–H and O–H groups in total. The van der Waals surface area contributed by atoms with Crippen LogP contribution < -0.4 is 0 Å². The van der Waals surface area contributed by atoms with Gasteiger partial charge in [-0.2, -0.15) is 0 Å². The van der Waals surface area contributed by atoms with Crippen molar-refractivity contribution in [3.63, 3.8) is 0 Å². The monoisotopic (exact) mass is 680 g/mol. The van der Waals surface area contributed by atoms with Crippen molar-refractivity contribution in [2.24, 2.45) is 0 Å². The van der Waals surface area contributed by atoms with E-state index in [-0.39, 0.29) is 96.1 Å². The molecule has 0 amide bonds. The van der Waals surface area contributed by atoms with E-state index in [1.807, 2.05) is 0 Å². The average Bonchev–Trinajstić information content (AvgIpc) is 2.75. The molecule has 0 aliphatic rings. The molecule has 0 saturated heterocycles. The Morgan fingerprint density at radius 3 is 0.474 bits per heavy atom. The summed E-state index contributed by atoms with van der Waals surface area (Å²) in [7, 11) is 0. The molecule has 0 aliphatic carbocycles. The van der Waals surface area contributed by atoms with E-state index < -0.39 is 40.9 Å². The standard InChI is InChI=1S/6C3H6O2.3Cr.NO3.H2O/c6*1-2-3(4)5;;;;2-1(3)4;/h6*2H2,1H3,(H,4,5);;;;;1H2/q;;;;;;;;;-1;. The van der Waals surface area contributed by atoms with Gasteiger partial charge in [0.2, 0.25) is 0 Å². The summed E-state index contributed by atoms with van der Waals surface area (Å²) in [5.41, 5.74) is 0. The van der Waals surface area contributed by atoms with Crippen LogP contribution in [0.1, 0.15) is 80.1 Å². The maximum Gasteiger partial charge on any atom is 0.303 e. The molecule has 0 spiro atoms.